The van der Waals surface area contributed by atoms with E-state index < -0.39 is 32.1 Å². The lowest BCUT2D eigenvalue weighted by atomic mass is 10.1. The van der Waals surface area contributed by atoms with Crippen molar-refractivity contribution in [3.63, 3.8) is 0 Å². The summed E-state index contributed by atoms with van der Waals surface area (Å²) in [7, 11) is -3.08. The number of halogens is 4. The molecule has 0 unspecified atom stereocenters. The van der Waals surface area contributed by atoms with Crippen molar-refractivity contribution in [2.75, 3.05) is 0 Å². The Hall–Kier alpha value is -0.963. The number of rotatable bonds is 10. The molecule has 0 aliphatic heterocycles. The number of hydrogen-bond acceptors (Lipinski definition) is 3. The SMILES string of the molecule is CC(C)O[Si](CCCc1cc(F)c(F)c(F)c1F)(OC(C)C)OC(C)C. The molecule has 0 bridgehead atoms. The lowest BCUT2D eigenvalue weighted by molar-refractivity contribution is 0.00290. The maximum Gasteiger partial charge on any atom is 0.501 e. The molecule has 150 valence electrons. The van der Waals surface area contributed by atoms with Crippen LogP contribution >= 0.6 is 0 Å². The van der Waals surface area contributed by atoms with E-state index in [1.807, 2.05) is 41.5 Å². The van der Waals surface area contributed by atoms with Crippen molar-refractivity contribution in [2.24, 2.45) is 0 Å². The highest BCUT2D eigenvalue weighted by Gasteiger charge is 2.43. The van der Waals surface area contributed by atoms with Crippen LogP contribution in [0, 0.1) is 23.3 Å². The summed E-state index contributed by atoms with van der Waals surface area (Å²) in [4.78, 5) is 0. The van der Waals surface area contributed by atoms with Gasteiger partial charge in [-0.2, -0.15) is 0 Å². The maximum atomic E-state index is 13.8. The van der Waals surface area contributed by atoms with Crippen LogP contribution in [0.2, 0.25) is 6.04 Å². The fraction of sp³-hybridized carbons (Fsp3) is 0.667. The van der Waals surface area contributed by atoms with E-state index in [1.165, 1.54) is 0 Å². The summed E-state index contributed by atoms with van der Waals surface area (Å²) >= 11 is 0. The minimum Gasteiger partial charge on any atom is -0.371 e. The lowest BCUT2D eigenvalue weighted by Crippen LogP contribution is -2.50. The molecule has 0 heterocycles. The average molecular weight is 396 g/mol. The highest BCUT2D eigenvalue weighted by molar-refractivity contribution is 6.60. The largest absolute Gasteiger partial charge is 0.501 e. The van der Waals surface area contributed by atoms with Crippen molar-refractivity contribution in [1.29, 1.82) is 0 Å². The Kier molecular flexibility index (Phi) is 8.72. The summed E-state index contributed by atoms with van der Waals surface area (Å²) in [6.07, 6.45) is -0.0938. The first-order valence-electron chi connectivity index (χ1n) is 8.82. The van der Waals surface area contributed by atoms with Gasteiger partial charge in [-0.05, 0) is 66.0 Å². The van der Waals surface area contributed by atoms with E-state index in [2.05, 4.69) is 0 Å². The quantitative estimate of drug-likeness (QED) is 0.230. The predicted octanol–water partition coefficient (Wildman–Crippen LogP) is 5.39. The molecule has 0 aromatic heterocycles. The molecule has 8 heteroatoms. The molecule has 0 spiro atoms. The zero-order valence-corrected chi connectivity index (χ0v) is 17.2. The predicted molar refractivity (Wildman–Crippen MR) is 93.8 cm³/mol. The van der Waals surface area contributed by atoms with Crippen molar-refractivity contribution in [3.05, 3.63) is 34.9 Å². The molecule has 1 aromatic rings. The van der Waals surface area contributed by atoms with Crippen LogP contribution in [0.1, 0.15) is 53.5 Å². The van der Waals surface area contributed by atoms with Gasteiger partial charge in [-0.25, -0.2) is 17.6 Å². The minimum absolute atomic E-state index is 0.0130. The van der Waals surface area contributed by atoms with E-state index in [9.17, 15) is 17.6 Å². The van der Waals surface area contributed by atoms with Crippen LogP contribution in [0.25, 0.3) is 0 Å². The highest BCUT2D eigenvalue weighted by Crippen LogP contribution is 2.26. The Labute approximate surface area is 154 Å². The Morgan fingerprint density at radius 1 is 0.769 bits per heavy atom. The first-order valence-corrected chi connectivity index (χ1v) is 10.8. The second-order valence-corrected chi connectivity index (χ2v) is 9.57. The molecule has 1 rings (SSSR count). The van der Waals surface area contributed by atoms with Gasteiger partial charge in [-0.15, -0.1) is 0 Å². The number of benzene rings is 1. The van der Waals surface area contributed by atoms with Crippen molar-refractivity contribution in [3.8, 4) is 0 Å². The molecule has 26 heavy (non-hydrogen) atoms. The zero-order valence-electron chi connectivity index (χ0n) is 16.2. The lowest BCUT2D eigenvalue weighted by Gasteiger charge is -2.34. The molecule has 0 aliphatic rings. The van der Waals surface area contributed by atoms with Gasteiger partial charge >= 0.3 is 8.80 Å². The second kappa shape index (κ2) is 9.82. The van der Waals surface area contributed by atoms with Gasteiger partial charge in [0.2, 0.25) is 0 Å². The molecule has 3 nitrogen and oxygen atoms in total. The zero-order chi connectivity index (χ0) is 20.1. The maximum absolute atomic E-state index is 13.8. The third-order valence-electron chi connectivity index (χ3n) is 3.35. The molecule has 0 N–H and O–H groups in total. The van der Waals surface area contributed by atoms with Crippen LogP contribution in [-0.4, -0.2) is 27.1 Å². The molecule has 0 saturated carbocycles. The average Bonchev–Trinajstić information content (AvgIpc) is 2.48. The summed E-state index contributed by atoms with van der Waals surface area (Å²) < 4.78 is 71.6. The molecule has 0 radical (unpaired) electrons. The number of aryl methyl sites for hydroxylation is 1. The van der Waals surface area contributed by atoms with Gasteiger partial charge in [0.25, 0.3) is 0 Å². The minimum atomic E-state index is -3.08. The molecule has 0 aliphatic carbocycles. The van der Waals surface area contributed by atoms with E-state index >= 15 is 0 Å². The van der Waals surface area contributed by atoms with Crippen LogP contribution in [-0.2, 0) is 19.7 Å². The van der Waals surface area contributed by atoms with E-state index in [0.717, 1.165) is 0 Å². The Bertz CT molecular complexity index is 568. The van der Waals surface area contributed by atoms with Gasteiger partial charge in [0.15, 0.2) is 23.3 Å². The summed E-state index contributed by atoms with van der Waals surface area (Å²) in [6.45, 7) is 11.2. The van der Waals surface area contributed by atoms with Crippen molar-refractivity contribution in [1.82, 2.24) is 0 Å². The smallest absolute Gasteiger partial charge is 0.371 e. The van der Waals surface area contributed by atoms with Gasteiger partial charge in [-0.1, -0.05) is 0 Å². The van der Waals surface area contributed by atoms with Crippen LogP contribution in [0.15, 0.2) is 6.07 Å². The summed E-state index contributed by atoms with van der Waals surface area (Å²) in [5.74, 6) is -6.36. The Morgan fingerprint density at radius 3 is 1.65 bits per heavy atom. The van der Waals surface area contributed by atoms with Crippen LogP contribution in [0.5, 0.6) is 0 Å². The van der Waals surface area contributed by atoms with Gasteiger partial charge in [-0.3, -0.25) is 0 Å². The monoisotopic (exact) mass is 396 g/mol. The molecule has 0 saturated heterocycles. The molecule has 0 amide bonds. The number of hydrogen-bond donors (Lipinski definition) is 0. The first kappa shape index (κ1) is 23.1. The summed E-state index contributed by atoms with van der Waals surface area (Å²) in [6, 6.07) is 1.04. The fourth-order valence-electron chi connectivity index (χ4n) is 2.64. The summed E-state index contributed by atoms with van der Waals surface area (Å²) in [5, 5.41) is 0. The topological polar surface area (TPSA) is 27.7 Å². The molecular weight excluding hydrogens is 368 g/mol. The molecule has 1 aromatic carbocycles. The van der Waals surface area contributed by atoms with E-state index in [-0.39, 0.29) is 30.3 Å². The highest BCUT2D eigenvalue weighted by atomic mass is 28.4. The second-order valence-electron chi connectivity index (χ2n) is 7.00. The van der Waals surface area contributed by atoms with Gasteiger partial charge in [0, 0.05) is 24.4 Å². The van der Waals surface area contributed by atoms with Gasteiger partial charge in [0.1, 0.15) is 0 Å². The van der Waals surface area contributed by atoms with E-state index in [4.69, 9.17) is 13.3 Å². The molecule has 0 atom stereocenters. The van der Waals surface area contributed by atoms with Gasteiger partial charge in [0.05, 0.1) is 0 Å². The Morgan fingerprint density at radius 2 is 1.23 bits per heavy atom. The summed E-state index contributed by atoms with van der Waals surface area (Å²) in [5.41, 5.74) is -0.219. The van der Waals surface area contributed by atoms with Crippen LogP contribution < -0.4 is 0 Å². The third-order valence-corrected chi connectivity index (χ3v) is 6.81. The Balaban J connectivity index is 2.95. The van der Waals surface area contributed by atoms with Gasteiger partial charge < -0.3 is 13.3 Å². The standard InChI is InChI=1S/C18H28F4O3Si/c1-11(2)23-26(24-12(3)4,25-13(5)6)9-7-8-14-10-15(19)17(21)18(22)16(14)20/h10-13H,7-9H2,1-6H3. The fourth-order valence-corrected chi connectivity index (χ4v) is 5.92. The molecular formula is C18H28F4O3Si. The van der Waals surface area contributed by atoms with Crippen LogP contribution in [0.4, 0.5) is 17.6 Å². The van der Waals surface area contributed by atoms with Crippen molar-refractivity contribution < 1.29 is 30.8 Å². The third kappa shape index (κ3) is 6.64. The van der Waals surface area contributed by atoms with Crippen molar-refractivity contribution >= 4 is 8.80 Å². The van der Waals surface area contributed by atoms with Crippen molar-refractivity contribution in [2.45, 2.75) is 78.7 Å². The van der Waals surface area contributed by atoms with E-state index in [1.54, 1.807) is 0 Å². The first-order chi connectivity index (χ1) is 12.0. The van der Waals surface area contributed by atoms with E-state index in [0.29, 0.717) is 18.5 Å². The van der Waals surface area contributed by atoms with Crippen LogP contribution in [0.3, 0.4) is 0 Å². The normalized spacial score (nSPS) is 12.7. The molecule has 0 fully saturated rings.